The maximum atomic E-state index is 12.3. The van der Waals surface area contributed by atoms with Crippen molar-refractivity contribution >= 4 is 12.4 Å². The number of aromatic nitrogens is 2. The third-order valence-electron chi connectivity index (χ3n) is 3.48. The molecule has 2 aliphatic heterocycles. The predicted molar refractivity (Wildman–Crippen MR) is 71.2 cm³/mol. The molecule has 3 heterocycles. The minimum atomic E-state index is -0.294. The quantitative estimate of drug-likeness (QED) is 0.712. The van der Waals surface area contributed by atoms with Crippen LogP contribution >= 0.6 is 12.4 Å². The van der Waals surface area contributed by atoms with Crippen molar-refractivity contribution in [3.05, 3.63) is 32.1 Å². The van der Waals surface area contributed by atoms with Gasteiger partial charge in [-0.2, -0.15) is 4.68 Å². The molecule has 1 saturated heterocycles. The van der Waals surface area contributed by atoms with Crippen LogP contribution in [0.1, 0.15) is 24.1 Å². The lowest BCUT2D eigenvalue weighted by Gasteiger charge is -2.22. The molecule has 0 bridgehead atoms. The molecular formula is C11H17ClN4O2. The van der Waals surface area contributed by atoms with Crippen LogP contribution in [0, 0.1) is 0 Å². The second-order valence-electron chi connectivity index (χ2n) is 4.59. The van der Waals surface area contributed by atoms with Gasteiger partial charge in [-0.1, -0.05) is 0 Å². The largest absolute Gasteiger partial charge is 0.347 e. The van der Waals surface area contributed by atoms with Crippen LogP contribution in [0.5, 0.6) is 0 Å². The van der Waals surface area contributed by atoms with Crippen molar-refractivity contribution in [1.82, 2.24) is 15.0 Å². The molecule has 7 heteroatoms. The third kappa shape index (κ3) is 2.06. The number of nitrogens with one attached hydrogen (secondary N) is 2. The average Bonchev–Trinajstić information content (AvgIpc) is 2.83. The van der Waals surface area contributed by atoms with Gasteiger partial charge >= 0.3 is 5.69 Å². The number of H-pyrrole nitrogens is 1. The second-order valence-corrected chi connectivity index (χ2v) is 4.59. The molecule has 0 aromatic carbocycles. The number of aromatic amines is 1. The molecule has 2 aliphatic rings. The van der Waals surface area contributed by atoms with Gasteiger partial charge in [0.1, 0.15) is 0 Å². The zero-order valence-electron chi connectivity index (χ0n) is 10.1. The first kappa shape index (κ1) is 13.2. The van der Waals surface area contributed by atoms with E-state index in [4.69, 9.17) is 0 Å². The highest BCUT2D eigenvalue weighted by Crippen LogP contribution is 2.06. The highest BCUT2D eigenvalue weighted by Gasteiger charge is 2.21. The Hall–Kier alpha value is -1.27. The molecule has 18 heavy (non-hydrogen) atoms. The molecule has 0 spiro atoms. The van der Waals surface area contributed by atoms with Crippen molar-refractivity contribution in [3.63, 3.8) is 0 Å². The van der Waals surface area contributed by atoms with Crippen LogP contribution in [-0.2, 0) is 13.0 Å². The van der Waals surface area contributed by atoms with Crippen molar-refractivity contribution in [2.24, 2.45) is 0 Å². The Labute approximate surface area is 110 Å². The summed E-state index contributed by atoms with van der Waals surface area (Å²) in [7, 11) is 0. The van der Waals surface area contributed by atoms with E-state index in [0.29, 0.717) is 12.1 Å². The Morgan fingerprint density at radius 3 is 2.56 bits per heavy atom. The number of fused-ring (bicyclic) bond motifs is 1. The topological polar surface area (TPSA) is 70.1 Å². The van der Waals surface area contributed by atoms with Crippen molar-refractivity contribution in [3.8, 4) is 0 Å². The summed E-state index contributed by atoms with van der Waals surface area (Å²) in [6.45, 7) is 2.94. The van der Waals surface area contributed by atoms with Crippen molar-refractivity contribution < 1.29 is 0 Å². The molecule has 1 aromatic heterocycles. The van der Waals surface area contributed by atoms with E-state index in [1.54, 1.807) is 0 Å². The van der Waals surface area contributed by atoms with Crippen LogP contribution in [0.25, 0.3) is 0 Å². The summed E-state index contributed by atoms with van der Waals surface area (Å²) in [5, 5.41) is 5.01. The normalized spacial score (nSPS) is 18.3. The maximum Gasteiger partial charge on any atom is 0.347 e. The fourth-order valence-electron chi connectivity index (χ4n) is 2.59. The minimum Gasteiger partial charge on any atom is -0.312 e. The van der Waals surface area contributed by atoms with Gasteiger partial charge in [0, 0.05) is 38.3 Å². The van der Waals surface area contributed by atoms with Gasteiger partial charge in [0.15, 0.2) is 0 Å². The van der Waals surface area contributed by atoms with E-state index >= 15 is 0 Å². The van der Waals surface area contributed by atoms with Crippen LogP contribution in [0.3, 0.4) is 0 Å². The van der Waals surface area contributed by atoms with E-state index in [0.717, 1.165) is 44.6 Å². The first-order chi connectivity index (χ1) is 8.27. The number of nitrogens with zero attached hydrogens (tertiary/aromatic N) is 2. The van der Waals surface area contributed by atoms with E-state index < -0.39 is 0 Å². The van der Waals surface area contributed by atoms with Gasteiger partial charge in [0.05, 0.1) is 5.56 Å². The van der Waals surface area contributed by atoms with Crippen molar-refractivity contribution in [2.75, 3.05) is 24.6 Å². The number of rotatable bonds is 1. The monoisotopic (exact) mass is 272 g/mol. The van der Waals surface area contributed by atoms with E-state index in [9.17, 15) is 9.59 Å². The minimum absolute atomic E-state index is 0. The highest BCUT2D eigenvalue weighted by molar-refractivity contribution is 5.85. The van der Waals surface area contributed by atoms with E-state index in [-0.39, 0.29) is 23.7 Å². The Morgan fingerprint density at radius 2 is 1.83 bits per heavy atom. The standard InChI is InChI=1S/C11H16N4O2.ClH/c16-10-8-7-12-4-3-9(8)13-11(17)15(10)14-5-1-2-6-14;/h12H,1-7H2,(H,13,17);1H. The molecule has 0 aliphatic carbocycles. The molecule has 3 rings (SSSR count). The summed E-state index contributed by atoms with van der Waals surface area (Å²) in [5.41, 5.74) is 1.06. The Bertz CT molecular complexity index is 545. The van der Waals surface area contributed by atoms with Gasteiger partial charge in [0.25, 0.3) is 5.56 Å². The lowest BCUT2D eigenvalue weighted by molar-refractivity contribution is 0.553. The molecule has 100 valence electrons. The molecule has 1 aromatic rings. The molecule has 0 atom stereocenters. The predicted octanol–water partition coefficient (Wildman–Crippen LogP) is -0.664. The molecule has 0 radical (unpaired) electrons. The summed E-state index contributed by atoms with van der Waals surface area (Å²) in [4.78, 5) is 27.1. The maximum absolute atomic E-state index is 12.3. The summed E-state index contributed by atoms with van der Waals surface area (Å²) in [6, 6.07) is 0. The summed E-state index contributed by atoms with van der Waals surface area (Å²) in [5.74, 6) is 0. The van der Waals surface area contributed by atoms with Gasteiger partial charge in [-0.15, -0.1) is 12.4 Å². The molecule has 2 N–H and O–H groups in total. The van der Waals surface area contributed by atoms with E-state index in [1.165, 1.54) is 4.68 Å². The van der Waals surface area contributed by atoms with Crippen LogP contribution < -0.4 is 21.6 Å². The first-order valence-electron chi connectivity index (χ1n) is 6.10. The lowest BCUT2D eigenvalue weighted by atomic mass is 10.1. The fourth-order valence-corrected chi connectivity index (χ4v) is 2.59. The van der Waals surface area contributed by atoms with Gasteiger partial charge in [-0.3, -0.25) is 4.79 Å². The van der Waals surface area contributed by atoms with E-state index in [2.05, 4.69) is 10.3 Å². The zero-order valence-corrected chi connectivity index (χ0v) is 10.9. The van der Waals surface area contributed by atoms with E-state index in [1.807, 2.05) is 5.01 Å². The summed E-state index contributed by atoms with van der Waals surface area (Å²) >= 11 is 0. The van der Waals surface area contributed by atoms with Gasteiger partial charge < -0.3 is 15.3 Å². The Morgan fingerprint density at radius 1 is 1.11 bits per heavy atom. The number of hydrogen-bond donors (Lipinski definition) is 2. The SMILES string of the molecule is Cl.O=c1[nH]c2c(c(=O)n1N1CCCC1)CNCC2. The second kappa shape index (κ2) is 5.16. The van der Waals surface area contributed by atoms with Crippen LogP contribution in [0.2, 0.25) is 0 Å². The molecule has 0 unspecified atom stereocenters. The molecule has 0 saturated carbocycles. The van der Waals surface area contributed by atoms with Crippen LogP contribution in [-0.4, -0.2) is 29.3 Å². The smallest absolute Gasteiger partial charge is 0.312 e. The summed E-state index contributed by atoms with van der Waals surface area (Å²) in [6.07, 6.45) is 2.81. The fraction of sp³-hybridized carbons (Fsp3) is 0.636. The third-order valence-corrected chi connectivity index (χ3v) is 3.48. The number of hydrogen-bond acceptors (Lipinski definition) is 4. The zero-order chi connectivity index (χ0) is 11.8. The molecular weight excluding hydrogens is 256 g/mol. The molecule has 0 amide bonds. The van der Waals surface area contributed by atoms with Gasteiger partial charge in [0.2, 0.25) is 0 Å². The average molecular weight is 273 g/mol. The van der Waals surface area contributed by atoms with Gasteiger partial charge in [-0.25, -0.2) is 4.79 Å². The van der Waals surface area contributed by atoms with Crippen LogP contribution in [0.15, 0.2) is 9.59 Å². The van der Waals surface area contributed by atoms with Crippen LogP contribution in [0.4, 0.5) is 0 Å². The summed E-state index contributed by atoms with van der Waals surface area (Å²) < 4.78 is 1.28. The first-order valence-corrected chi connectivity index (χ1v) is 6.10. The van der Waals surface area contributed by atoms with Crippen molar-refractivity contribution in [2.45, 2.75) is 25.8 Å². The number of halogens is 1. The molecule has 6 nitrogen and oxygen atoms in total. The van der Waals surface area contributed by atoms with Crippen molar-refractivity contribution in [1.29, 1.82) is 0 Å². The Balaban J connectivity index is 0.00000120. The lowest BCUT2D eigenvalue weighted by Crippen LogP contribution is -2.52. The molecule has 1 fully saturated rings. The Kier molecular flexibility index (Phi) is 3.77. The van der Waals surface area contributed by atoms with Gasteiger partial charge in [-0.05, 0) is 12.8 Å². The highest BCUT2D eigenvalue weighted by atomic mass is 35.5.